The minimum absolute atomic E-state index is 0.0406. The number of piperidine rings is 1. The van der Waals surface area contributed by atoms with Gasteiger partial charge in [-0.15, -0.1) is 0 Å². The van der Waals surface area contributed by atoms with Crippen LogP contribution in [0.1, 0.15) is 38.2 Å². The van der Waals surface area contributed by atoms with E-state index in [1.54, 1.807) is 0 Å². The van der Waals surface area contributed by atoms with Gasteiger partial charge in [0.25, 0.3) is 0 Å². The molecule has 1 unspecified atom stereocenters. The molecule has 0 aromatic heterocycles. The van der Waals surface area contributed by atoms with E-state index in [1.165, 1.54) is 31.2 Å². The topological polar surface area (TPSA) is 41.6 Å². The van der Waals surface area contributed by atoms with Crippen molar-refractivity contribution < 1.29 is 9.53 Å². The summed E-state index contributed by atoms with van der Waals surface area (Å²) in [5.41, 5.74) is 1.43. The highest BCUT2D eigenvalue weighted by Crippen LogP contribution is 2.28. The molecule has 1 aromatic carbocycles. The summed E-state index contributed by atoms with van der Waals surface area (Å²) in [5.74, 6) is 1.66. The standard InChI is InChI=1S/C21H32N2O2/c1-17(21(24)22-11-14-25-16-20-7-8-20)23-12-9-19(10-13-23)15-18-5-3-2-4-6-18/h2-6,17,19-20H,7-16H2,1H3,(H,22,24). The van der Waals surface area contributed by atoms with Crippen LogP contribution in [0.15, 0.2) is 30.3 Å². The molecular weight excluding hydrogens is 312 g/mol. The van der Waals surface area contributed by atoms with Crippen molar-refractivity contribution in [1.82, 2.24) is 10.2 Å². The zero-order valence-electron chi connectivity index (χ0n) is 15.5. The van der Waals surface area contributed by atoms with Gasteiger partial charge in [-0.3, -0.25) is 9.69 Å². The molecule has 1 amide bonds. The van der Waals surface area contributed by atoms with Gasteiger partial charge in [0, 0.05) is 13.2 Å². The fourth-order valence-electron chi connectivity index (χ4n) is 3.59. The Morgan fingerprint density at radius 2 is 1.88 bits per heavy atom. The highest BCUT2D eigenvalue weighted by Gasteiger charge is 2.26. The average molecular weight is 344 g/mol. The molecule has 1 heterocycles. The highest BCUT2D eigenvalue weighted by atomic mass is 16.5. The van der Waals surface area contributed by atoms with E-state index in [2.05, 4.69) is 40.5 Å². The van der Waals surface area contributed by atoms with Crippen LogP contribution in [0.25, 0.3) is 0 Å². The summed E-state index contributed by atoms with van der Waals surface area (Å²) < 4.78 is 5.58. The largest absolute Gasteiger partial charge is 0.379 e. The maximum Gasteiger partial charge on any atom is 0.237 e. The predicted molar refractivity (Wildman–Crippen MR) is 100 cm³/mol. The Hall–Kier alpha value is -1.39. The number of hydrogen-bond donors (Lipinski definition) is 1. The Morgan fingerprint density at radius 1 is 1.16 bits per heavy atom. The number of likely N-dealkylation sites (tertiary alicyclic amines) is 1. The van der Waals surface area contributed by atoms with Crippen LogP contribution in [0, 0.1) is 11.8 Å². The lowest BCUT2D eigenvalue weighted by Crippen LogP contribution is -2.49. The van der Waals surface area contributed by atoms with Gasteiger partial charge in [0.1, 0.15) is 0 Å². The van der Waals surface area contributed by atoms with Crippen molar-refractivity contribution in [2.75, 3.05) is 32.8 Å². The first kappa shape index (κ1) is 18.4. The highest BCUT2D eigenvalue weighted by molar-refractivity contribution is 5.81. The molecule has 1 aromatic rings. The summed E-state index contributed by atoms with van der Waals surface area (Å²) in [6.07, 6.45) is 6.13. The number of rotatable bonds is 9. The van der Waals surface area contributed by atoms with E-state index in [1.807, 2.05) is 6.92 Å². The second-order valence-corrected chi connectivity index (χ2v) is 7.65. The average Bonchev–Trinajstić information content (AvgIpc) is 3.46. The Balaban J connectivity index is 1.31. The number of carbonyl (C=O) groups excluding carboxylic acids is 1. The third-order valence-corrected chi connectivity index (χ3v) is 5.54. The Bertz CT molecular complexity index is 522. The van der Waals surface area contributed by atoms with Crippen molar-refractivity contribution in [2.24, 2.45) is 11.8 Å². The number of amides is 1. The molecule has 1 aliphatic carbocycles. The Labute approximate surface area is 151 Å². The van der Waals surface area contributed by atoms with Crippen molar-refractivity contribution in [3.05, 3.63) is 35.9 Å². The van der Waals surface area contributed by atoms with E-state index in [0.29, 0.717) is 13.2 Å². The molecule has 0 bridgehead atoms. The lowest BCUT2D eigenvalue weighted by atomic mass is 9.89. The van der Waals surface area contributed by atoms with Gasteiger partial charge in [-0.25, -0.2) is 0 Å². The third kappa shape index (κ3) is 6.12. The van der Waals surface area contributed by atoms with Crippen LogP contribution in [0.3, 0.4) is 0 Å². The minimum Gasteiger partial charge on any atom is -0.379 e. The summed E-state index contributed by atoms with van der Waals surface area (Å²) in [4.78, 5) is 14.6. The number of nitrogens with zero attached hydrogens (tertiary/aromatic N) is 1. The second-order valence-electron chi connectivity index (χ2n) is 7.65. The zero-order chi connectivity index (χ0) is 17.5. The molecule has 1 saturated heterocycles. The van der Waals surface area contributed by atoms with E-state index in [0.717, 1.165) is 38.0 Å². The van der Waals surface area contributed by atoms with Gasteiger partial charge in [-0.1, -0.05) is 30.3 Å². The number of carbonyl (C=O) groups is 1. The summed E-state index contributed by atoms with van der Waals surface area (Å²) in [7, 11) is 0. The first-order valence-electron chi connectivity index (χ1n) is 9.86. The van der Waals surface area contributed by atoms with Crippen molar-refractivity contribution in [2.45, 2.75) is 45.1 Å². The fraction of sp³-hybridized carbons (Fsp3) is 0.667. The maximum atomic E-state index is 12.3. The quantitative estimate of drug-likeness (QED) is 0.701. The molecule has 3 rings (SSSR count). The van der Waals surface area contributed by atoms with Gasteiger partial charge in [0.2, 0.25) is 5.91 Å². The van der Waals surface area contributed by atoms with Gasteiger partial charge >= 0.3 is 0 Å². The molecule has 1 aliphatic heterocycles. The van der Waals surface area contributed by atoms with E-state index in [9.17, 15) is 4.79 Å². The summed E-state index contributed by atoms with van der Waals surface area (Å²) in [6.45, 7) is 6.18. The van der Waals surface area contributed by atoms with Crippen LogP contribution in [0.4, 0.5) is 0 Å². The molecule has 4 heteroatoms. The van der Waals surface area contributed by atoms with Crippen LogP contribution >= 0.6 is 0 Å². The molecule has 0 spiro atoms. The molecule has 4 nitrogen and oxygen atoms in total. The third-order valence-electron chi connectivity index (χ3n) is 5.54. The molecule has 2 aliphatic rings. The normalized spacial score (nSPS) is 20.4. The molecule has 25 heavy (non-hydrogen) atoms. The molecule has 1 saturated carbocycles. The van der Waals surface area contributed by atoms with Crippen LogP contribution in [0.2, 0.25) is 0 Å². The van der Waals surface area contributed by atoms with E-state index in [4.69, 9.17) is 4.74 Å². The minimum atomic E-state index is -0.0406. The Morgan fingerprint density at radius 3 is 2.56 bits per heavy atom. The van der Waals surface area contributed by atoms with Crippen molar-refractivity contribution in [3.63, 3.8) is 0 Å². The van der Waals surface area contributed by atoms with Gasteiger partial charge in [-0.05, 0) is 69.5 Å². The van der Waals surface area contributed by atoms with E-state index in [-0.39, 0.29) is 11.9 Å². The van der Waals surface area contributed by atoms with E-state index < -0.39 is 0 Å². The summed E-state index contributed by atoms with van der Waals surface area (Å²) in [6, 6.07) is 10.7. The zero-order valence-corrected chi connectivity index (χ0v) is 15.5. The molecule has 1 N–H and O–H groups in total. The number of hydrogen-bond acceptors (Lipinski definition) is 3. The van der Waals surface area contributed by atoms with Crippen LogP contribution in [0.5, 0.6) is 0 Å². The number of nitrogens with one attached hydrogen (secondary N) is 1. The van der Waals surface area contributed by atoms with Gasteiger partial charge in [0.15, 0.2) is 0 Å². The molecule has 0 radical (unpaired) electrons. The lowest BCUT2D eigenvalue weighted by molar-refractivity contribution is -0.126. The SMILES string of the molecule is CC(C(=O)NCCOCC1CC1)N1CCC(Cc2ccccc2)CC1. The predicted octanol–water partition coefficient (Wildman–Crippen LogP) is 2.87. The number of benzene rings is 1. The molecule has 138 valence electrons. The first-order valence-corrected chi connectivity index (χ1v) is 9.86. The molecular formula is C21H32N2O2. The van der Waals surface area contributed by atoms with Crippen molar-refractivity contribution in [3.8, 4) is 0 Å². The van der Waals surface area contributed by atoms with Crippen molar-refractivity contribution in [1.29, 1.82) is 0 Å². The van der Waals surface area contributed by atoms with Crippen molar-refractivity contribution >= 4 is 5.91 Å². The van der Waals surface area contributed by atoms with Gasteiger partial charge in [0.05, 0.1) is 12.6 Å². The molecule has 2 fully saturated rings. The molecule has 1 atom stereocenters. The fourth-order valence-corrected chi connectivity index (χ4v) is 3.59. The number of ether oxygens (including phenoxy) is 1. The van der Waals surface area contributed by atoms with E-state index >= 15 is 0 Å². The van der Waals surface area contributed by atoms with Crippen LogP contribution in [-0.4, -0.2) is 49.7 Å². The summed E-state index contributed by atoms with van der Waals surface area (Å²) >= 11 is 0. The second kappa shape index (κ2) is 9.35. The maximum absolute atomic E-state index is 12.3. The first-order chi connectivity index (χ1) is 12.2. The van der Waals surface area contributed by atoms with Gasteiger partial charge < -0.3 is 10.1 Å². The monoisotopic (exact) mass is 344 g/mol. The smallest absolute Gasteiger partial charge is 0.237 e. The lowest BCUT2D eigenvalue weighted by Gasteiger charge is -2.35. The van der Waals surface area contributed by atoms with Crippen LogP contribution in [-0.2, 0) is 16.0 Å². The van der Waals surface area contributed by atoms with Gasteiger partial charge in [-0.2, -0.15) is 0 Å². The van der Waals surface area contributed by atoms with Crippen LogP contribution < -0.4 is 5.32 Å². The Kier molecular flexibility index (Phi) is 6.88. The summed E-state index contributed by atoms with van der Waals surface area (Å²) in [5, 5.41) is 3.02.